The number of hydrogen-bond donors (Lipinski definition) is 1. The third-order valence-electron chi connectivity index (χ3n) is 4.99. The highest BCUT2D eigenvalue weighted by molar-refractivity contribution is 6.39. The van der Waals surface area contributed by atoms with Gasteiger partial charge in [-0.3, -0.25) is 9.36 Å². The number of aromatic nitrogens is 2. The number of hydrogen-bond acceptors (Lipinski definition) is 4. The van der Waals surface area contributed by atoms with Crippen LogP contribution in [0.5, 0.6) is 5.75 Å². The molecule has 0 bridgehead atoms. The minimum Gasteiger partial charge on any atom is -0.433 e. The smallest absolute Gasteiger partial charge is 0.387 e. The van der Waals surface area contributed by atoms with E-state index in [0.717, 1.165) is 11.0 Å². The summed E-state index contributed by atoms with van der Waals surface area (Å²) in [6.07, 6.45) is 0.182. The minimum absolute atomic E-state index is 0.0850. The maximum Gasteiger partial charge on any atom is 0.387 e. The highest BCUT2D eigenvalue weighted by Crippen LogP contribution is 2.42. The summed E-state index contributed by atoms with van der Waals surface area (Å²) in [7, 11) is 11.4. The third-order valence-corrected chi connectivity index (χ3v) is 5.28. The van der Waals surface area contributed by atoms with E-state index in [1.54, 1.807) is 6.92 Å². The van der Waals surface area contributed by atoms with Gasteiger partial charge in [-0.1, -0.05) is 24.6 Å². The number of halogens is 4. The Morgan fingerprint density at radius 2 is 2.06 bits per heavy atom. The van der Waals surface area contributed by atoms with Crippen LogP contribution in [0.3, 0.4) is 0 Å². The van der Waals surface area contributed by atoms with E-state index in [9.17, 15) is 23.1 Å². The van der Waals surface area contributed by atoms with Gasteiger partial charge in [0.05, 0.1) is 33.2 Å². The fraction of sp³-hybridized carbons (Fsp3) is 0.263. The maximum atomic E-state index is 14.1. The molecule has 2 aromatic carbocycles. The zero-order valence-corrected chi connectivity index (χ0v) is 16.8. The van der Waals surface area contributed by atoms with Crippen LogP contribution in [0, 0.1) is 5.82 Å². The predicted molar refractivity (Wildman–Crippen MR) is 108 cm³/mol. The SMILES string of the molecule is [B]C([B])(O)N1C(=O)c2cccc(OC(F)F)c2-n2c(nc3cc(F)c(Cl)cc32)C1CC. The number of carbonyl (C=O) groups excluding carboxylic acids is 1. The second-order valence-electron chi connectivity index (χ2n) is 6.97. The summed E-state index contributed by atoms with van der Waals surface area (Å²) in [6.45, 7) is -1.51. The van der Waals surface area contributed by atoms with Gasteiger partial charge in [0, 0.05) is 6.07 Å². The summed E-state index contributed by atoms with van der Waals surface area (Å²) in [6, 6.07) is 5.26. The van der Waals surface area contributed by atoms with E-state index in [-0.39, 0.29) is 45.3 Å². The fourth-order valence-electron chi connectivity index (χ4n) is 3.83. The molecule has 0 aliphatic carbocycles. The van der Waals surface area contributed by atoms with Gasteiger partial charge >= 0.3 is 6.61 Å². The lowest BCUT2D eigenvalue weighted by molar-refractivity contribution is -0.0498. The van der Waals surface area contributed by atoms with Crippen LogP contribution in [0.1, 0.15) is 35.6 Å². The van der Waals surface area contributed by atoms with Crippen LogP contribution >= 0.6 is 11.6 Å². The van der Waals surface area contributed by atoms with Gasteiger partial charge in [0.2, 0.25) is 0 Å². The van der Waals surface area contributed by atoms with Crippen molar-refractivity contribution < 1.29 is 27.8 Å². The number of carbonyl (C=O) groups is 1. The second-order valence-corrected chi connectivity index (χ2v) is 7.38. The number of fused-ring (bicyclic) bond motifs is 5. The maximum absolute atomic E-state index is 14.1. The van der Waals surface area contributed by atoms with E-state index in [1.807, 2.05) is 0 Å². The summed E-state index contributed by atoms with van der Waals surface area (Å²) in [5.74, 6) is -1.81. The van der Waals surface area contributed by atoms with Crippen molar-refractivity contribution in [2.24, 2.45) is 0 Å². The first-order valence-electron chi connectivity index (χ1n) is 9.14. The Kier molecular flexibility index (Phi) is 5.21. The first-order chi connectivity index (χ1) is 14.5. The van der Waals surface area contributed by atoms with E-state index in [2.05, 4.69) is 9.72 Å². The first-order valence-corrected chi connectivity index (χ1v) is 9.51. The van der Waals surface area contributed by atoms with Crippen LogP contribution in [0.2, 0.25) is 5.02 Å². The van der Waals surface area contributed by atoms with E-state index in [4.69, 9.17) is 27.3 Å². The monoisotopic (exact) mass is 445 g/mol. The molecule has 1 atom stereocenters. The zero-order valence-electron chi connectivity index (χ0n) is 16.0. The largest absolute Gasteiger partial charge is 0.433 e. The second kappa shape index (κ2) is 7.49. The number of imidazole rings is 1. The average molecular weight is 445 g/mol. The van der Waals surface area contributed by atoms with Gasteiger partial charge in [-0.15, -0.1) is 0 Å². The molecule has 1 N–H and O–H groups in total. The lowest BCUT2D eigenvalue weighted by Crippen LogP contribution is -2.54. The molecule has 4 radical (unpaired) electrons. The van der Waals surface area contributed by atoms with E-state index in [0.29, 0.717) is 0 Å². The van der Waals surface area contributed by atoms with Crippen molar-refractivity contribution >= 4 is 44.2 Å². The zero-order chi connectivity index (χ0) is 22.7. The van der Waals surface area contributed by atoms with Crippen molar-refractivity contribution in [3.05, 3.63) is 52.6 Å². The Hall–Kier alpha value is -2.65. The molecule has 1 aliphatic rings. The summed E-state index contributed by atoms with van der Waals surface area (Å²) in [5, 5.41) is 10.1. The highest BCUT2D eigenvalue weighted by atomic mass is 35.5. The van der Waals surface area contributed by atoms with Gasteiger partial charge in [0.15, 0.2) is 5.75 Å². The Labute approximate surface area is 182 Å². The van der Waals surface area contributed by atoms with E-state index >= 15 is 0 Å². The third kappa shape index (κ3) is 3.45. The number of aliphatic hydroxyl groups is 1. The normalized spacial score (nSPS) is 16.4. The van der Waals surface area contributed by atoms with Gasteiger partial charge < -0.3 is 14.7 Å². The quantitative estimate of drug-likeness (QED) is 0.626. The molecular formula is C19H13B2ClF3N3O3. The van der Waals surface area contributed by atoms with Crippen molar-refractivity contribution in [1.29, 1.82) is 0 Å². The molecule has 4 rings (SSSR count). The molecule has 2 heterocycles. The molecule has 156 valence electrons. The van der Waals surface area contributed by atoms with E-state index in [1.165, 1.54) is 28.8 Å². The molecule has 12 heteroatoms. The van der Waals surface area contributed by atoms with E-state index < -0.39 is 29.9 Å². The van der Waals surface area contributed by atoms with Crippen LogP contribution in [-0.4, -0.2) is 53.3 Å². The molecule has 1 aromatic heterocycles. The lowest BCUT2D eigenvalue weighted by Gasteiger charge is -2.39. The average Bonchev–Trinajstić information content (AvgIpc) is 2.96. The minimum atomic E-state index is -3.19. The Morgan fingerprint density at radius 1 is 1.35 bits per heavy atom. The summed E-state index contributed by atoms with van der Waals surface area (Å²) in [4.78, 5) is 18.5. The molecule has 31 heavy (non-hydrogen) atoms. The molecule has 0 fully saturated rings. The number of nitrogens with zero attached hydrogens (tertiary/aromatic N) is 3. The Morgan fingerprint density at radius 3 is 2.68 bits per heavy atom. The van der Waals surface area contributed by atoms with Crippen molar-refractivity contribution in [2.75, 3.05) is 0 Å². The van der Waals surface area contributed by atoms with Crippen LogP contribution < -0.4 is 4.74 Å². The van der Waals surface area contributed by atoms with Crippen molar-refractivity contribution in [1.82, 2.24) is 14.5 Å². The standard InChI is InChI=1S/C19H13B2ClF3N3O3/c1-2-12-16-26-11-7-10(23)9(22)6-13(11)27(16)15-8(17(29)28(12)19(20,21)30)4-3-5-14(15)31-18(24)25/h3-7,12,18,30H,2H2,1H3. The van der Waals surface area contributed by atoms with Crippen LogP contribution in [0.4, 0.5) is 13.2 Å². The van der Waals surface area contributed by atoms with Crippen molar-refractivity contribution in [3.63, 3.8) is 0 Å². The van der Waals surface area contributed by atoms with Crippen molar-refractivity contribution in [2.45, 2.75) is 31.5 Å². The number of rotatable bonds is 4. The van der Waals surface area contributed by atoms with Crippen LogP contribution in [0.25, 0.3) is 16.7 Å². The van der Waals surface area contributed by atoms with Gasteiger partial charge in [0.1, 0.15) is 33.0 Å². The first kappa shape index (κ1) is 21.6. The molecule has 1 amide bonds. The number of amides is 1. The van der Waals surface area contributed by atoms with Crippen LogP contribution in [-0.2, 0) is 0 Å². The molecule has 0 spiro atoms. The Bertz CT molecular complexity index is 1200. The number of para-hydroxylation sites is 1. The molecule has 6 nitrogen and oxygen atoms in total. The van der Waals surface area contributed by atoms with Gasteiger partial charge in [-0.2, -0.15) is 8.78 Å². The molecule has 1 aliphatic heterocycles. The van der Waals surface area contributed by atoms with Gasteiger partial charge in [-0.05, 0) is 24.6 Å². The number of alkyl halides is 2. The molecule has 0 saturated heterocycles. The molecule has 1 unspecified atom stereocenters. The summed E-state index contributed by atoms with van der Waals surface area (Å²) >= 11 is 5.95. The topological polar surface area (TPSA) is 67.6 Å². The van der Waals surface area contributed by atoms with Gasteiger partial charge in [-0.25, -0.2) is 9.37 Å². The van der Waals surface area contributed by atoms with Crippen LogP contribution in [0.15, 0.2) is 30.3 Å². The molecule has 3 aromatic rings. The highest BCUT2D eigenvalue weighted by Gasteiger charge is 2.42. The van der Waals surface area contributed by atoms with Crippen molar-refractivity contribution in [3.8, 4) is 11.4 Å². The number of ether oxygens (including phenoxy) is 1. The predicted octanol–water partition coefficient (Wildman–Crippen LogP) is 3.27. The summed E-state index contributed by atoms with van der Waals surface area (Å²) in [5.41, 5.74) is -2.45. The Balaban J connectivity index is 2.17. The molecule has 0 saturated carbocycles. The molecular weight excluding hydrogens is 432 g/mol. The lowest BCUT2D eigenvalue weighted by atomic mass is 9.70. The summed E-state index contributed by atoms with van der Waals surface area (Å²) < 4.78 is 46.4. The number of benzene rings is 2. The fourth-order valence-corrected chi connectivity index (χ4v) is 3.99. The van der Waals surface area contributed by atoms with Gasteiger partial charge in [0.25, 0.3) is 5.91 Å².